The largest absolute Gasteiger partial charge is 0.456 e. The van der Waals surface area contributed by atoms with Gasteiger partial charge in [0.2, 0.25) is 0 Å². The maximum absolute atomic E-state index is 6.60. The van der Waals surface area contributed by atoms with Gasteiger partial charge in [0.05, 0.1) is 0 Å². The predicted octanol–water partition coefficient (Wildman–Crippen LogP) is 15.1. The van der Waals surface area contributed by atoms with Crippen LogP contribution < -0.4 is 0 Å². The standard InChI is InChI=1S/C57H37N3O/c1-5-16-38(17-6-1)46-33-47(39-18-7-2-8-19-39)35-48(34-46)44-24-15-25-45(32-44)49-36-51(54-50-26-13-14-27-52(50)61-53(54)37-49)40-28-30-43(31-29-40)57-59-55(41-20-9-3-10-21-41)58-56(60-57)42-22-11-4-12-23-42/h1-37H. The van der Waals surface area contributed by atoms with Crippen molar-refractivity contribution < 1.29 is 4.42 Å². The topological polar surface area (TPSA) is 51.8 Å². The summed E-state index contributed by atoms with van der Waals surface area (Å²) >= 11 is 0. The second-order valence-corrected chi connectivity index (χ2v) is 15.2. The quantitative estimate of drug-likeness (QED) is 0.154. The number of benzene rings is 9. The van der Waals surface area contributed by atoms with E-state index in [1.165, 1.54) is 22.3 Å². The molecule has 286 valence electrons. The highest BCUT2D eigenvalue weighted by Crippen LogP contribution is 2.42. The maximum atomic E-state index is 6.60. The Kier molecular flexibility index (Phi) is 9.14. The Morgan fingerprint density at radius 1 is 0.246 bits per heavy atom. The third kappa shape index (κ3) is 7.07. The van der Waals surface area contributed by atoms with E-state index >= 15 is 0 Å². The number of para-hydroxylation sites is 1. The van der Waals surface area contributed by atoms with Gasteiger partial charge in [0, 0.05) is 27.5 Å². The summed E-state index contributed by atoms with van der Waals surface area (Å²) in [7, 11) is 0. The average molecular weight is 780 g/mol. The molecule has 4 heteroatoms. The second kappa shape index (κ2) is 15.5. The van der Waals surface area contributed by atoms with Gasteiger partial charge in [0.25, 0.3) is 0 Å². The van der Waals surface area contributed by atoms with Crippen LogP contribution in [0.25, 0.3) is 112 Å². The van der Waals surface area contributed by atoms with Crippen LogP contribution >= 0.6 is 0 Å². The molecule has 11 aromatic rings. The van der Waals surface area contributed by atoms with Crippen molar-refractivity contribution in [3.8, 4) is 89.8 Å². The van der Waals surface area contributed by atoms with E-state index in [9.17, 15) is 0 Å². The molecule has 0 bridgehead atoms. The average Bonchev–Trinajstić information content (AvgIpc) is 3.73. The highest BCUT2D eigenvalue weighted by Gasteiger charge is 2.18. The summed E-state index contributed by atoms with van der Waals surface area (Å²) in [4.78, 5) is 14.8. The monoisotopic (exact) mass is 779 g/mol. The SMILES string of the molecule is c1ccc(-c2cc(-c3ccccc3)cc(-c3cccc(-c4cc(-c5ccc(-c6nc(-c7ccccc7)nc(-c7ccccc7)n6)cc5)c5c(c4)oc4ccccc45)c3)c2)cc1. The van der Waals surface area contributed by atoms with Gasteiger partial charge in [-0.1, -0.05) is 182 Å². The molecular weight excluding hydrogens is 743 g/mol. The molecule has 0 fully saturated rings. The summed E-state index contributed by atoms with van der Waals surface area (Å²) in [6, 6.07) is 78.4. The number of hydrogen-bond acceptors (Lipinski definition) is 4. The zero-order valence-electron chi connectivity index (χ0n) is 33.1. The molecule has 0 radical (unpaired) electrons. The Hall–Kier alpha value is -8.21. The van der Waals surface area contributed by atoms with E-state index in [0.717, 1.165) is 72.0 Å². The van der Waals surface area contributed by atoms with Gasteiger partial charge in [-0.05, 0) is 98.1 Å². The number of furan rings is 1. The minimum absolute atomic E-state index is 0.621. The summed E-state index contributed by atoms with van der Waals surface area (Å²) in [5.74, 6) is 1.90. The number of nitrogens with zero attached hydrogens (tertiary/aromatic N) is 3. The smallest absolute Gasteiger partial charge is 0.164 e. The molecule has 0 aliphatic carbocycles. The molecule has 0 saturated carbocycles. The van der Waals surface area contributed by atoms with Crippen LogP contribution in [-0.4, -0.2) is 15.0 Å². The molecule has 0 atom stereocenters. The van der Waals surface area contributed by atoms with E-state index < -0.39 is 0 Å². The molecule has 0 amide bonds. The van der Waals surface area contributed by atoms with Crippen LogP contribution in [0, 0.1) is 0 Å². The van der Waals surface area contributed by atoms with Crippen LogP contribution in [0.15, 0.2) is 229 Å². The van der Waals surface area contributed by atoms with E-state index in [1.54, 1.807) is 0 Å². The lowest BCUT2D eigenvalue weighted by Gasteiger charge is -2.13. The Bertz CT molecular complexity index is 3210. The maximum Gasteiger partial charge on any atom is 0.164 e. The highest BCUT2D eigenvalue weighted by molar-refractivity contribution is 6.13. The van der Waals surface area contributed by atoms with Gasteiger partial charge in [-0.3, -0.25) is 0 Å². The fraction of sp³-hybridized carbons (Fsp3) is 0. The van der Waals surface area contributed by atoms with Crippen LogP contribution in [0.1, 0.15) is 0 Å². The Balaban J connectivity index is 1.02. The molecule has 0 aliphatic heterocycles. The van der Waals surface area contributed by atoms with Crippen LogP contribution in [-0.2, 0) is 0 Å². The number of hydrogen-bond donors (Lipinski definition) is 0. The van der Waals surface area contributed by atoms with Gasteiger partial charge >= 0.3 is 0 Å². The Morgan fingerprint density at radius 3 is 1.15 bits per heavy atom. The van der Waals surface area contributed by atoms with Gasteiger partial charge in [0.15, 0.2) is 17.5 Å². The third-order valence-corrected chi connectivity index (χ3v) is 11.3. The molecule has 0 saturated heterocycles. The lowest BCUT2D eigenvalue weighted by molar-refractivity contribution is 0.669. The first-order chi connectivity index (χ1) is 30.2. The first-order valence-corrected chi connectivity index (χ1v) is 20.5. The molecule has 4 nitrogen and oxygen atoms in total. The molecule has 0 aliphatic rings. The number of rotatable bonds is 8. The van der Waals surface area contributed by atoms with Crippen molar-refractivity contribution >= 4 is 21.9 Å². The molecule has 61 heavy (non-hydrogen) atoms. The van der Waals surface area contributed by atoms with Gasteiger partial charge in [-0.2, -0.15) is 0 Å². The summed E-state index contributed by atoms with van der Waals surface area (Å²) in [6.07, 6.45) is 0. The molecule has 2 aromatic heterocycles. The van der Waals surface area contributed by atoms with Crippen LogP contribution in [0.2, 0.25) is 0 Å². The van der Waals surface area contributed by atoms with Crippen molar-refractivity contribution in [2.75, 3.05) is 0 Å². The van der Waals surface area contributed by atoms with Crippen LogP contribution in [0.4, 0.5) is 0 Å². The van der Waals surface area contributed by atoms with Gasteiger partial charge in [-0.25, -0.2) is 15.0 Å². The highest BCUT2D eigenvalue weighted by atomic mass is 16.3. The van der Waals surface area contributed by atoms with Crippen molar-refractivity contribution in [2.24, 2.45) is 0 Å². The van der Waals surface area contributed by atoms with E-state index in [-0.39, 0.29) is 0 Å². The normalized spacial score (nSPS) is 11.3. The third-order valence-electron chi connectivity index (χ3n) is 11.3. The molecular formula is C57H37N3O. The molecule has 0 N–H and O–H groups in total. The lowest BCUT2D eigenvalue weighted by atomic mass is 9.91. The van der Waals surface area contributed by atoms with Crippen molar-refractivity contribution in [3.63, 3.8) is 0 Å². The van der Waals surface area contributed by atoms with Crippen molar-refractivity contribution in [3.05, 3.63) is 224 Å². The van der Waals surface area contributed by atoms with E-state index in [1.807, 2.05) is 72.8 Å². The number of fused-ring (bicyclic) bond motifs is 3. The minimum Gasteiger partial charge on any atom is -0.456 e. The summed E-state index contributed by atoms with van der Waals surface area (Å²) in [6.45, 7) is 0. The molecule has 0 spiro atoms. The van der Waals surface area contributed by atoms with Crippen LogP contribution in [0.5, 0.6) is 0 Å². The van der Waals surface area contributed by atoms with Crippen LogP contribution in [0.3, 0.4) is 0 Å². The van der Waals surface area contributed by atoms with Crippen molar-refractivity contribution in [2.45, 2.75) is 0 Å². The van der Waals surface area contributed by atoms with Gasteiger partial charge < -0.3 is 4.42 Å². The minimum atomic E-state index is 0.621. The zero-order chi connectivity index (χ0) is 40.5. The van der Waals surface area contributed by atoms with Gasteiger partial charge in [0.1, 0.15) is 11.2 Å². The Morgan fingerprint density at radius 2 is 0.623 bits per heavy atom. The molecule has 0 unspecified atom stereocenters. The van der Waals surface area contributed by atoms with Crippen molar-refractivity contribution in [1.82, 2.24) is 15.0 Å². The lowest BCUT2D eigenvalue weighted by Crippen LogP contribution is -2.00. The predicted molar refractivity (Wildman–Crippen MR) is 251 cm³/mol. The summed E-state index contributed by atoms with van der Waals surface area (Å²) in [5, 5.41) is 2.17. The summed E-state index contributed by atoms with van der Waals surface area (Å²) in [5.41, 5.74) is 15.9. The fourth-order valence-corrected chi connectivity index (χ4v) is 8.25. The number of aromatic nitrogens is 3. The molecule has 2 heterocycles. The van der Waals surface area contributed by atoms with E-state index in [0.29, 0.717) is 17.5 Å². The Labute approximate surface area is 354 Å². The zero-order valence-corrected chi connectivity index (χ0v) is 33.1. The second-order valence-electron chi connectivity index (χ2n) is 15.2. The first kappa shape index (κ1) is 35.9. The van der Waals surface area contributed by atoms with E-state index in [4.69, 9.17) is 19.4 Å². The van der Waals surface area contributed by atoms with Gasteiger partial charge in [-0.15, -0.1) is 0 Å². The first-order valence-electron chi connectivity index (χ1n) is 20.5. The molecule has 11 rings (SSSR count). The van der Waals surface area contributed by atoms with Crippen molar-refractivity contribution in [1.29, 1.82) is 0 Å². The molecule has 9 aromatic carbocycles. The van der Waals surface area contributed by atoms with E-state index in [2.05, 4.69) is 152 Å². The fourth-order valence-electron chi connectivity index (χ4n) is 8.25. The summed E-state index contributed by atoms with van der Waals surface area (Å²) < 4.78 is 6.60.